The van der Waals surface area contributed by atoms with Crippen molar-refractivity contribution in [3.63, 3.8) is 0 Å². The summed E-state index contributed by atoms with van der Waals surface area (Å²) in [6.07, 6.45) is 1.53. The van der Waals surface area contributed by atoms with Crippen molar-refractivity contribution in [3.8, 4) is 5.75 Å². The fourth-order valence-corrected chi connectivity index (χ4v) is 2.44. The number of rotatable bonds is 4. The number of nitro groups is 1. The number of nitrogens with zero attached hydrogens (tertiary/aromatic N) is 2. The Bertz CT molecular complexity index is 936. The van der Waals surface area contributed by atoms with Gasteiger partial charge in [0.25, 0.3) is 5.69 Å². The maximum absolute atomic E-state index is 12.0. The minimum atomic E-state index is -0.654. The molecule has 0 amide bonds. The summed E-state index contributed by atoms with van der Waals surface area (Å²) in [5.74, 6) is -0.0991. The zero-order valence-corrected chi connectivity index (χ0v) is 13.7. The molecule has 2 aromatic rings. The maximum atomic E-state index is 12.0. The van der Waals surface area contributed by atoms with Gasteiger partial charge >= 0.3 is 5.97 Å². The molecule has 3 rings (SSSR count). The highest BCUT2D eigenvalue weighted by Crippen LogP contribution is 2.28. The van der Waals surface area contributed by atoms with Gasteiger partial charge in [0, 0.05) is 17.2 Å². The van der Waals surface area contributed by atoms with Gasteiger partial charge in [0.15, 0.2) is 5.70 Å². The monoisotopic (exact) mass is 358 g/mol. The fourth-order valence-electron chi connectivity index (χ4n) is 2.25. The highest BCUT2D eigenvalue weighted by Gasteiger charge is 2.26. The third kappa shape index (κ3) is 3.36. The number of aliphatic imine (C=N–C) groups is 1. The number of hydrogen-bond acceptors (Lipinski definition) is 6. The van der Waals surface area contributed by atoms with Crippen molar-refractivity contribution in [3.05, 3.63) is 74.4 Å². The predicted molar refractivity (Wildman–Crippen MR) is 91.7 cm³/mol. The van der Waals surface area contributed by atoms with Crippen LogP contribution in [0, 0.1) is 10.1 Å². The molecule has 0 fully saturated rings. The molecule has 25 heavy (non-hydrogen) atoms. The second-order valence-corrected chi connectivity index (χ2v) is 5.41. The molecule has 2 aromatic carbocycles. The van der Waals surface area contributed by atoms with Crippen molar-refractivity contribution in [2.45, 2.75) is 0 Å². The van der Waals surface area contributed by atoms with Crippen molar-refractivity contribution >= 4 is 35.2 Å². The van der Waals surface area contributed by atoms with Crippen LogP contribution in [0.4, 0.5) is 5.69 Å². The first-order chi connectivity index (χ1) is 12.0. The van der Waals surface area contributed by atoms with E-state index in [0.717, 1.165) is 0 Å². The molecule has 0 aromatic heterocycles. The lowest BCUT2D eigenvalue weighted by Gasteiger charge is -2.03. The molecule has 1 aliphatic heterocycles. The number of nitro benzene ring substituents is 1. The topological polar surface area (TPSA) is 91.0 Å². The van der Waals surface area contributed by atoms with Crippen LogP contribution in [-0.4, -0.2) is 23.9 Å². The standard InChI is InChI=1S/C17H11ClN2O5/c1-24-15-5-3-2-4-10(15)8-13-17(21)25-16(19-13)11-6-7-12(18)14(9-11)20(22)23/h2-9H,1H3/b13-8-. The Morgan fingerprint density at radius 2 is 2.04 bits per heavy atom. The van der Waals surface area contributed by atoms with Crippen molar-refractivity contribution in [2.24, 2.45) is 4.99 Å². The highest BCUT2D eigenvalue weighted by atomic mass is 35.5. The second kappa shape index (κ2) is 6.74. The van der Waals surface area contributed by atoms with E-state index in [1.807, 2.05) is 0 Å². The molecule has 0 saturated heterocycles. The van der Waals surface area contributed by atoms with E-state index in [4.69, 9.17) is 21.1 Å². The van der Waals surface area contributed by atoms with E-state index in [0.29, 0.717) is 11.3 Å². The van der Waals surface area contributed by atoms with Gasteiger partial charge in [-0.3, -0.25) is 10.1 Å². The van der Waals surface area contributed by atoms with Gasteiger partial charge in [0.2, 0.25) is 5.90 Å². The van der Waals surface area contributed by atoms with Crippen LogP contribution in [0.2, 0.25) is 5.02 Å². The molecular formula is C17H11ClN2O5. The van der Waals surface area contributed by atoms with Gasteiger partial charge in [-0.2, -0.15) is 0 Å². The lowest BCUT2D eigenvalue weighted by molar-refractivity contribution is -0.384. The van der Waals surface area contributed by atoms with E-state index >= 15 is 0 Å². The third-order valence-electron chi connectivity index (χ3n) is 3.44. The van der Waals surface area contributed by atoms with Crippen molar-refractivity contribution in [2.75, 3.05) is 7.11 Å². The number of ether oxygens (including phenoxy) is 2. The Hall–Kier alpha value is -3.19. The number of cyclic esters (lactones) is 1. The number of esters is 1. The molecular weight excluding hydrogens is 348 g/mol. The van der Waals surface area contributed by atoms with Crippen LogP contribution in [0.3, 0.4) is 0 Å². The Labute approximate surface area is 147 Å². The van der Waals surface area contributed by atoms with E-state index < -0.39 is 10.9 Å². The zero-order valence-electron chi connectivity index (χ0n) is 12.9. The minimum Gasteiger partial charge on any atom is -0.496 e. The van der Waals surface area contributed by atoms with Crippen molar-refractivity contribution in [1.29, 1.82) is 0 Å². The fraction of sp³-hybridized carbons (Fsp3) is 0.0588. The Balaban J connectivity index is 1.99. The Morgan fingerprint density at radius 3 is 2.76 bits per heavy atom. The summed E-state index contributed by atoms with van der Waals surface area (Å²) in [6.45, 7) is 0. The zero-order chi connectivity index (χ0) is 18.0. The van der Waals surface area contributed by atoms with Gasteiger partial charge in [-0.25, -0.2) is 9.79 Å². The van der Waals surface area contributed by atoms with Gasteiger partial charge in [0.1, 0.15) is 10.8 Å². The van der Waals surface area contributed by atoms with Crippen LogP contribution in [0.1, 0.15) is 11.1 Å². The summed E-state index contributed by atoms with van der Waals surface area (Å²) >= 11 is 5.78. The number of para-hydroxylation sites is 1. The molecule has 0 N–H and O–H groups in total. The summed E-state index contributed by atoms with van der Waals surface area (Å²) < 4.78 is 10.3. The molecule has 0 saturated carbocycles. The molecule has 126 valence electrons. The summed E-state index contributed by atoms with van der Waals surface area (Å²) in [5, 5.41) is 11.0. The van der Waals surface area contributed by atoms with Gasteiger partial charge in [-0.05, 0) is 24.3 Å². The van der Waals surface area contributed by atoms with E-state index in [2.05, 4.69) is 4.99 Å². The van der Waals surface area contributed by atoms with Crippen LogP contribution in [0.15, 0.2) is 53.2 Å². The van der Waals surface area contributed by atoms with Crippen LogP contribution in [-0.2, 0) is 9.53 Å². The van der Waals surface area contributed by atoms with E-state index in [1.54, 1.807) is 24.3 Å². The van der Waals surface area contributed by atoms with Gasteiger partial charge in [-0.15, -0.1) is 0 Å². The molecule has 1 aliphatic rings. The number of carbonyl (C=O) groups excluding carboxylic acids is 1. The number of halogens is 1. The number of benzene rings is 2. The summed E-state index contributed by atoms with van der Waals surface area (Å²) in [7, 11) is 1.52. The first kappa shape index (κ1) is 16.7. The van der Waals surface area contributed by atoms with E-state index in [9.17, 15) is 14.9 Å². The van der Waals surface area contributed by atoms with E-state index in [1.165, 1.54) is 31.4 Å². The van der Waals surface area contributed by atoms with Gasteiger partial charge in [0.05, 0.1) is 12.0 Å². The van der Waals surface area contributed by atoms with Crippen LogP contribution in [0.25, 0.3) is 6.08 Å². The summed E-state index contributed by atoms with van der Waals surface area (Å²) in [6, 6.07) is 11.2. The summed E-state index contributed by atoms with van der Waals surface area (Å²) in [4.78, 5) is 26.5. The molecule has 0 atom stereocenters. The number of hydrogen-bond donors (Lipinski definition) is 0. The minimum absolute atomic E-state index is 0.0107. The first-order valence-electron chi connectivity index (χ1n) is 7.09. The van der Waals surface area contributed by atoms with Crippen LogP contribution >= 0.6 is 11.6 Å². The Kier molecular flexibility index (Phi) is 4.49. The predicted octanol–water partition coefficient (Wildman–Crippen LogP) is 3.60. The average molecular weight is 359 g/mol. The molecule has 0 unspecified atom stereocenters. The molecule has 7 nitrogen and oxygen atoms in total. The number of methoxy groups -OCH3 is 1. The lowest BCUT2D eigenvalue weighted by Crippen LogP contribution is -2.06. The quantitative estimate of drug-likeness (QED) is 0.360. The van der Waals surface area contributed by atoms with Crippen LogP contribution < -0.4 is 4.74 Å². The van der Waals surface area contributed by atoms with Gasteiger partial charge in [-0.1, -0.05) is 29.8 Å². The second-order valence-electron chi connectivity index (χ2n) is 5.00. The number of carbonyl (C=O) groups is 1. The van der Waals surface area contributed by atoms with Crippen molar-refractivity contribution in [1.82, 2.24) is 0 Å². The molecule has 0 spiro atoms. The van der Waals surface area contributed by atoms with Crippen molar-refractivity contribution < 1.29 is 19.2 Å². The molecule has 8 heteroatoms. The van der Waals surface area contributed by atoms with Gasteiger partial charge < -0.3 is 9.47 Å². The molecule has 0 bridgehead atoms. The SMILES string of the molecule is COc1ccccc1/C=C1\N=C(c2ccc(Cl)c([N+](=O)[O-])c2)OC1=O. The average Bonchev–Trinajstić information content (AvgIpc) is 2.96. The molecule has 1 heterocycles. The smallest absolute Gasteiger partial charge is 0.363 e. The third-order valence-corrected chi connectivity index (χ3v) is 3.76. The normalized spacial score (nSPS) is 15.0. The maximum Gasteiger partial charge on any atom is 0.363 e. The lowest BCUT2D eigenvalue weighted by atomic mass is 10.1. The molecule has 0 radical (unpaired) electrons. The van der Waals surface area contributed by atoms with E-state index in [-0.39, 0.29) is 27.9 Å². The first-order valence-corrected chi connectivity index (χ1v) is 7.47. The van der Waals surface area contributed by atoms with Crippen LogP contribution in [0.5, 0.6) is 5.75 Å². The molecule has 0 aliphatic carbocycles. The highest BCUT2D eigenvalue weighted by molar-refractivity contribution is 6.32. The largest absolute Gasteiger partial charge is 0.496 e. The Morgan fingerprint density at radius 1 is 1.28 bits per heavy atom. The summed E-state index contributed by atoms with van der Waals surface area (Å²) in [5.41, 5.74) is 0.717.